The van der Waals surface area contributed by atoms with Crippen molar-refractivity contribution in [2.75, 3.05) is 20.3 Å². The Morgan fingerprint density at radius 3 is 2.58 bits per heavy atom. The molecule has 0 bridgehead atoms. The van der Waals surface area contributed by atoms with E-state index < -0.39 is 11.7 Å². The Kier molecular flexibility index (Phi) is 5.36. The highest BCUT2D eigenvalue weighted by atomic mass is 19.4. The van der Waals surface area contributed by atoms with E-state index >= 15 is 0 Å². The average molecular weight is 367 g/mol. The number of hydrogen-bond acceptors (Lipinski definition) is 3. The minimum absolute atomic E-state index is 0.0247. The van der Waals surface area contributed by atoms with Crippen molar-refractivity contribution >= 4 is 5.91 Å². The van der Waals surface area contributed by atoms with E-state index in [4.69, 9.17) is 9.15 Å². The second-order valence-corrected chi connectivity index (χ2v) is 6.40. The molecule has 1 heterocycles. The van der Waals surface area contributed by atoms with E-state index in [0.717, 1.165) is 17.7 Å². The van der Waals surface area contributed by atoms with Gasteiger partial charge in [-0.25, -0.2) is 0 Å². The van der Waals surface area contributed by atoms with E-state index in [1.165, 1.54) is 12.1 Å². The molecular formula is C19H20F3NO3. The van der Waals surface area contributed by atoms with Crippen molar-refractivity contribution in [3.05, 3.63) is 59.5 Å². The van der Waals surface area contributed by atoms with Crippen LogP contribution in [0.5, 0.6) is 0 Å². The van der Waals surface area contributed by atoms with E-state index in [9.17, 15) is 18.0 Å². The second kappa shape index (κ2) is 7.53. The van der Waals surface area contributed by atoms with Gasteiger partial charge < -0.3 is 14.1 Å². The molecule has 7 heteroatoms. The van der Waals surface area contributed by atoms with Crippen LogP contribution >= 0.6 is 0 Å². The summed E-state index contributed by atoms with van der Waals surface area (Å²) in [6, 6.07) is 8.63. The van der Waals surface area contributed by atoms with E-state index in [2.05, 4.69) is 0 Å². The van der Waals surface area contributed by atoms with Gasteiger partial charge in [0.25, 0.3) is 0 Å². The summed E-state index contributed by atoms with van der Waals surface area (Å²) >= 11 is 0. The molecule has 1 aromatic heterocycles. The number of furan rings is 1. The molecule has 1 saturated carbocycles. The largest absolute Gasteiger partial charge is 0.467 e. The van der Waals surface area contributed by atoms with Gasteiger partial charge in [-0.05, 0) is 42.2 Å². The molecule has 0 aliphatic heterocycles. The first-order chi connectivity index (χ1) is 12.4. The number of halogens is 3. The van der Waals surface area contributed by atoms with Crippen molar-refractivity contribution in [3.63, 3.8) is 0 Å². The third-order valence-corrected chi connectivity index (χ3v) is 4.58. The summed E-state index contributed by atoms with van der Waals surface area (Å²) in [7, 11) is 1.57. The molecule has 4 nitrogen and oxygen atoms in total. The van der Waals surface area contributed by atoms with E-state index in [-0.39, 0.29) is 17.7 Å². The van der Waals surface area contributed by atoms with Crippen LogP contribution in [0, 0.1) is 5.92 Å². The zero-order chi connectivity index (χ0) is 18.7. The SMILES string of the molecule is COCCN(Cc1ccco1)C(=O)C1CC1c1ccc(C(F)(F)F)cc1. The lowest BCUT2D eigenvalue weighted by Crippen LogP contribution is -2.34. The van der Waals surface area contributed by atoms with Gasteiger partial charge in [0.15, 0.2) is 0 Å². The fourth-order valence-electron chi connectivity index (χ4n) is 3.05. The summed E-state index contributed by atoms with van der Waals surface area (Å²) in [5.41, 5.74) is 0.0883. The van der Waals surface area contributed by atoms with Crippen LogP contribution < -0.4 is 0 Å². The van der Waals surface area contributed by atoms with Crippen LogP contribution in [0.2, 0.25) is 0 Å². The zero-order valence-electron chi connectivity index (χ0n) is 14.3. The molecule has 0 radical (unpaired) electrons. The molecule has 0 spiro atoms. The normalized spacial score (nSPS) is 19.4. The van der Waals surface area contributed by atoms with Crippen LogP contribution in [0.15, 0.2) is 47.1 Å². The molecule has 2 atom stereocenters. The first-order valence-electron chi connectivity index (χ1n) is 8.37. The van der Waals surface area contributed by atoms with Gasteiger partial charge in [-0.3, -0.25) is 4.79 Å². The number of rotatable bonds is 7. The minimum atomic E-state index is -4.35. The number of ether oxygens (including phenoxy) is 1. The van der Waals surface area contributed by atoms with Crippen molar-refractivity contribution in [2.45, 2.75) is 25.1 Å². The Morgan fingerprint density at radius 2 is 2.00 bits per heavy atom. The van der Waals surface area contributed by atoms with Crippen LogP contribution in [0.4, 0.5) is 13.2 Å². The van der Waals surface area contributed by atoms with E-state index in [1.54, 1.807) is 30.4 Å². The standard InChI is InChI=1S/C19H20F3NO3/c1-25-10-8-23(12-15-3-2-9-26-15)18(24)17-11-16(17)13-4-6-14(7-5-13)19(20,21)22/h2-7,9,16-17H,8,10-12H2,1H3. The summed E-state index contributed by atoms with van der Waals surface area (Å²) in [5.74, 6) is 0.412. The van der Waals surface area contributed by atoms with Gasteiger partial charge in [0.1, 0.15) is 5.76 Å². The Morgan fingerprint density at radius 1 is 1.27 bits per heavy atom. The highest BCUT2D eigenvalue weighted by Gasteiger charge is 2.46. The smallest absolute Gasteiger partial charge is 0.416 e. The summed E-state index contributed by atoms with van der Waals surface area (Å²) in [6.07, 6.45) is -2.15. The van der Waals surface area contributed by atoms with Gasteiger partial charge in [-0.2, -0.15) is 13.2 Å². The molecule has 2 aromatic rings. The Labute approximate surface area is 149 Å². The number of benzene rings is 1. The molecular weight excluding hydrogens is 347 g/mol. The first kappa shape index (κ1) is 18.5. The molecule has 1 amide bonds. The van der Waals surface area contributed by atoms with Gasteiger partial charge in [0.2, 0.25) is 5.91 Å². The topological polar surface area (TPSA) is 42.7 Å². The number of hydrogen-bond donors (Lipinski definition) is 0. The first-order valence-corrected chi connectivity index (χ1v) is 8.37. The number of carbonyl (C=O) groups excluding carboxylic acids is 1. The monoisotopic (exact) mass is 367 g/mol. The molecule has 3 rings (SSSR count). The molecule has 140 valence electrons. The highest BCUT2D eigenvalue weighted by molar-refractivity contribution is 5.83. The van der Waals surface area contributed by atoms with Gasteiger partial charge >= 0.3 is 6.18 Å². The van der Waals surface area contributed by atoms with E-state index in [0.29, 0.717) is 31.9 Å². The van der Waals surface area contributed by atoms with Gasteiger partial charge in [0, 0.05) is 19.6 Å². The van der Waals surface area contributed by atoms with Gasteiger partial charge in [-0.15, -0.1) is 0 Å². The molecule has 1 aromatic carbocycles. The molecule has 1 fully saturated rings. The van der Waals surface area contributed by atoms with Crippen LogP contribution in [0.25, 0.3) is 0 Å². The molecule has 1 aliphatic rings. The predicted molar refractivity (Wildman–Crippen MR) is 88.3 cm³/mol. The number of nitrogens with zero attached hydrogens (tertiary/aromatic N) is 1. The fraction of sp³-hybridized carbons (Fsp3) is 0.421. The summed E-state index contributed by atoms with van der Waals surface area (Å²) < 4.78 is 48.4. The number of carbonyl (C=O) groups is 1. The second-order valence-electron chi connectivity index (χ2n) is 6.40. The average Bonchev–Trinajstić information content (AvgIpc) is 3.25. The molecule has 26 heavy (non-hydrogen) atoms. The maximum absolute atomic E-state index is 12.8. The molecule has 2 unspecified atom stereocenters. The van der Waals surface area contributed by atoms with E-state index in [1.807, 2.05) is 0 Å². The summed E-state index contributed by atoms with van der Waals surface area (Å²) in [6.45, 7) is 1.20. The van der Waals surface area contributed by atoms with Crippen molar-refractivity contribution in [3.8, 4) is 0 Å². The Hall–Kier alpha value is -2.28. The van der Waals surface area contributed by atoms with Crippen molar-refractivity contribution in [2.24, 2.45) is 5.92 Å². The summed E-state index contributed by atoms with van der Waals surface area (Å²) in [5, 5.41) is 0. The van der Waals surface area contributed by atoms with Crippen molar-refractivity contribution < 1.29 is 27.1 Å². The third-order valence-electron chi connectivity index (χ3n) is 4.58. The van der Waals surface area contributed by atoms with Crippen molar-refractivity contribution in [1.82, 2.24) is 4.90 Å². The van der Waals surface area contributed by atoms with Crippen LogP contribution in [-0.2, 0) is 22.3 Å². The van der Waals surface area contributed by atoms with Crippen molar-refractivity contribution in [1.29, 1.82) is 0 Å². The number of methoxy groups -OCH3 is 1. The number of amides is 1. The fourth-order valence-corrected chi connectivity index (χ4v) is 3.05. The van der Waals surface area contributed by atoms with Crippen LogP contribution in [0.3, 0.4) is 0 Å². The molecule has 1 aliphatic carbocycles. The lowest BCUT2D eigenvalue weighted by atomic mass is 10.1. The molecule has 0 N–H and O–H groups in total. The molecule has 0 saturated heterocycles. The predicted octanol–water partition coefficient (Wildman–Crippen LogP) is 4.08. The maximum atomic E-state index is 12.8. The number of alkyl halides is 3. The summed E-state index contributed by atoms with van der Waals surface area (Å²) in [4.78, 5) is 14.5. The maximum Gasteiger partial charge on any atom is 0.416 e. The lowest BCUT2D eigenvalue weighted by Gasteiger charge is -2.21. The third kappa shape index (κ3) is 4.27. The lowest BCUT2D eigenvalue weighted by molar-refractivity contribution is -0.137. The van der Waals surface area contributed by atoms with Gasteiger partial charge in [0.05, 0.1) is 25.0 Å². The minimum Gasteiger partial charge on any atom is -0.467 e. The van der Waals surface area contributed by atoms with Crippen LogP contribution in [-0.4, -0.2) is 31.1 Å². The highest BCUT2D eigenvalue weighted by Crippen LogP contribution is 2.49. The van der Waals surface area contributed by atoms with Gasteiger partial charge in [-0.1, -0.05) is 12.1 Å². The van der Waals surface area contributed by atoms with Crippen LogP contribution in [0.1, 0.15) is 29.2 Å². The Balaban J connectivity index is 1.65. The quantitative estimate of drug-likeness (QED) is 0.741. The Bertz CT molecular complexity index is 725. The zero-order valence-corrected chi connectivity index (χ0v) is 14.3.